The molecule has 1 amide bonds. The molecule has 74 valence electrons. The van der Waals surface area contributed by atoms with Gasteiger partial charge in [0, 0.05) is 5.56 Å². The van der Waals surface area contributed by atoms with Crippen molar-refractivity contribution in [1.82, 2.24) is 15.4 Å². The van der Waals surface area contributed by atoms with Crippen LogP contribution in [0.25, 0.3) is 11.0 Å². The van der Waals surface area contributed by atoms with E-state index in [-0.39, 0.29) is 6.42 Å². The highest BCUT2D eigenvalue weighted by atomic mass is 16.1. The van der Waals surface area contributed by atoms with Crippen molar-refractivity contribution in [2.45, 2.75) is 6.42 Å². The first-order valence-corrected chi connectivity index (χ1v) is 4.33. The van der Waals surface area contributed by atoms with Crippen molar-refractivity contribution < 1.29 is 4.79 Å². The summed E-state index contributed by atoms with van der Waals surface area (Å²) in [7, 11) is 0. The summed E-state index contributed by atoms with van der Waals surface area (Å²) >= 11 is 0. The number of aromatic amines is 1. The van der Waals surface area contributed by atoms with E-state index in [0.29, 0.717) is 0 Å². The zero-order valence-corrected chi connectivity index (χ0v) is 7.82. The maximum atomic E-state index is 10.5. The molecule has 0 radical (unpaired) electrons. The molecule has 0 aliphatic rings. The van der Waals surface area contributed by atoms with Crippen molar-refractivity contribution in [3.63, 3.8) is 0 Å². The lowest BCUT2D eigenvalue weighted by Crippen LogP contribution is -2.08. The third-order valence-electron chi connectivity index (χ3n) is 1.81. The largest absolute Gasteiger partial charge is 0.369 e. The Bertz CT molecular complexity index is 561. The van der Waals surface area contributed by atoms with Crippen LogP contribution in [-0.4, -0.2) is 21.3 Å². The summed E-state index contributed by atoms with van der Waals surface area (Å²) in [5, 5.41) is 10.4. The Balaban J connectivity index is 2.27. The number of fused-ring (bicyclic) bond motifs is 1. The van der Waals surface area contributed by atoms with Gasteiger partial charge < -0.3 is 5.73 Å². The fourth-order valence-corrected chi connectivity index (χ4v) is 1.15. The van der Waals surface area contributed by atoms with Crippen molar-refractivity contribution in [3.8, 4) is 11.8 Å². The van der Waals surface area contributed by atoms with Crippen LogP contribution < -0.4 is 5.73 Å². The van der Waals surface area contributed by atoms with Gasteiger partial charge in [-0.15, -0.1) is 0 Å². The number of H-pyrrole nitrogens is 1. The molecule has 0 bridgehead atoms. The predicted octanol–water partition coefficient (Wildman–Crippen LogP) is 0.185. The number of nitrogens with zero attached hydrogens (tertiary/aromatic N) is 2. The van der Waals surface area contributed by atoms with Crippen molar-refractivity contribution in [1.29, 1.82) is 0 Å². The number of benzene rings is 1. The number of hydrogen-bond donors (Lipinski definition) is 2. The standard InChI is InChI=1S/C10H8N4O/c11-10(15)3-1-2-7-4-5-8-9(6-7)13-14-12-8/h4-6H,3H2,(H2,11,15)(H,12,13,14). The second-order valence-electron chi connectivity index (χ2n) is 2.97. The van der Waals surface area contributed by atoms with E-state index in [1.807, 2.05) is 12.1 Å². The van der Waals surface area contributed by atoms with Crippen LogP contribution in [0.3, 0.4) is 0 Å². The number of aromatic nitrogens is 3. The normalized spacial score (nSPS) is 9.60. The van der Waals surface area contributed by atoms with Crippen LogP contribution >= 0.6 is 0 Å². The average molecular weight is 200 g/mol. The Morgan fingerprint density at radius 2 is 2.20 bits per heavy atom. The SMILES string of the molecule is NC(=O)CC#Cc1ccc2n[nH]nc2c1. The minimum atomic E-state index is -0.426. The van der Waals surface area contributed by atoms with Gasteiger partial charge in [-0.25, -0.2) is 0 Å². The van der Waals surface area contributed by atoms with Crippen LogP contribution in [0.4, 0.5) is 0 Å². The Hall–Kier alpha value is -2.35. The molecule has 0 atom stereocenters. The summed E-state index contributed by atoms with van der Waals surface area (Å²) in [5.74, 6) is 5.07. The lowest BCUT2D eigenvalue weighted by atomic mass is 10.2. The highest BCUT2D eigenvalue weighted by Crippen LogP contribution is 2.09. The van der Waals surface area contributed by atoms with E-state index < -0.39 is 5.91 Å². The molecule has 0 aliphatic heterocycles. The Kier molecular flexibility index (Phi) is 2.33. The third kappa shape index (κ3) is 2.11. The molecule has 1 aromatic carbocycles. The second kappa shape index (κ2) is 3.80. The Morgan fingerprint density at radius 3 is 3.00 bits per heavy atom. The van der Waals surface area contributed by atoms with Gasteiger partial charge in [-0.2, -0.15) is 15.4 Å². The molecule has 0 unspecified atom stereocenters. The average Bonchev–Trinajstić information content (AvgIpc) is 2.64. The summed E-state index contributed by atoms with van der Waals surface area (Å²) < 4.78 is 0. The lowest BCUT2D eigenvalue weighted by Gasteiger charge is -1.88. The minimum absolute atomic E-state index is 0.0663. The second-order valence-corrected chi connectivity index (χ2v) is 2.97. The van der Waals surface area contributed by atoms with E-state index in [9.17, 15) is 4.79 Å². The Labute approximate surface area is 85.7 Å². The van der Waals surface area contributed by atoms with Crippen LogP contribution in [0.15, 0.2) is 18.2 Å². The van der Waals surface area contributed by atoms with E-state index in [4.69, 9.17) is 5.73 Å². The highest BCUT2D eigenvalue weighted by molar-refractivity contribution is 5.77. The van der Waals surface area contributed by atoms with E-state index >= 15 is 0 Å². The molecule has 0 fully saturated rings. The maximum absolute atomic E-state index is 10.5. The number of primary amides is 1. The van der Waals surface area contributed by atoms with Crippen LogP contribution in [0, 0.1) is 11.8 Å². The number of rotatable bonds is 1. The van der Waals surface area contributed by atoms with E-state index in [2.05, 4.69) is 27.3 Å². The zero-order chi connectivity index (χ0) is 10.7. The molecule has 5 nitrogen and oxygen atoms in total. The molecule has 15 heavy (non-hydrogen) atoms. The van der Waals surface area contributed by atoms with Crippen molar-refractivity contribution in [3.05, 3.63) is 23.8 Å². The van der Waals surface area contributed by atoms with Crippen molar-refractivity contribution in [2.24, 2.45) is 5.73 Å². The molecule has 2 rings (SSSR count). The number of carbonyl (C=O) groups is 1. The zero-order valence-electron chi connectivity index (χ0n) is 7.82. The smallest absolute Gasteiger partial charge is 0.229 e. The van der Waals surface area contributed by atoms with E-state index in [0.717, 1.165) is 16.6 Å². The van der Waals surface area contributed by atoms with Crippen molar-refractivity contribution >= 4 is 16.9 Å². The number of nitrogens with two attached hydrogens (primary N) is 1. The maximum Gasteiger partial charge on any atom is 0.229 e. The van der Waals surface area contributed by atoms with Gasteiger partial charge in [-0.1, -0.05) is 11.8 Å². The first-order valence-electron chi connectivity index (χ1n) is 4.33. The molecular weight excluding hydrogens is 192 g/mol. The molecule has 1 heterocycles. The van der Waals surface area contributed by atoms with Gasteiger partial charge in [-0.3, -0.25) is 4.79 Å². The first-order chi connectivity index (χ1) is 7.25. The highest BCUT2D eigenvalue weighted by Gasteiger charge is 1.97. The fourth-order valence-electron chi connectivity index (χ4n) is 1.15. The van der Waals surface area contributed by atoms with Gasteiger partial charge in [0.05, 0.1) is 6.42 Å². The van der Waals surface area contributed by atoms with Gasteiger partial charge >= 0.3 is 0 Å². The molecule has 2 aromatic rings. The number of nitrogens with one attached hydrogen (secondary N) is 1. The topological polar surface area (TPSA) is 84.7 Å². The van der Waals surface area contributed by atoms with Gasteiger partial charge in [0.1, 0.15) is 11.0 Å². The van der Waals surface area contributed by atoms with Crippen LogP contribution in [0.1, 0.15) is 12.0 Å². The summed E-state index contributed by atoms with van der Waals surface area (Å²) in [6.45, 7) is 0. The first kappa shape index (κ1) is 9.21. The van der Waals surface area contributed by atoms with Crippen LogP contribution in [0.2, 0.25) is 0 Å². The van der Waals surface area contributed by atoms with Crippen molar-refractivity contribution in [2.75, 3.05) is 0 Å². The minimum Gasteiger partial charge on any atom is -0.369 e. The van der Waals surface area contributed by atoms with Gasteiger partial charge in [0.15, 0.2) is 0 Å². The van der Waals surface area contributed by atoms with Crippen LogP contribution in [0.5, 0.6) is 0 Å². The molecule has 0 saturated heterocycles. The quantitative estimate of drug-likeness (QED) is 0.644. The summed E-state index contributed by atoms with van der Waals surface area (Å²) in [4.78, 5) is 10.5. The summed E-state index contributed by atoms with van der Waals surface area (Å²) in [6, 6.07) is 5.43. The summed E-state index contributed by atoms with van der Waals surface area (Å²) in [6.07, 6.45) is 0.0663. The number of hydrogen-bond acceptors (Lipinski definition) is 3. The predicted molar refractivity (Wildman–Crippen MR) is 54.6 cm³/mol. The Morgan fingerprint density at radius 1 is 1.40 bits per heavy atom. The third-order valence-corrected chi connectivity index (χ3v) is 1.81. The van der Waals surface area contributed by atoms with E-state index in [1.165, 1.54) is 0 Å². The molecule has 0 saturated carbocycles. The molecule has 0 aliphatic carbocycles. The van der Waals surface area contributed by atoms with Gasteiger partial charge in [0.2, 0.25) is 5.91 Å². The molecule has 0 spiro atoms. The molecule has 1 aromatic heterocycles. The van der Waals surface area contributed by atoms with E-state index in [1.54, 1.807) is 6.07 Å². The summed E-state index contributed by atoms with van der Waals surface area (Å²) in [5.41, 5.74) is 7.29. The number of amides is 1. The molecule has 3 N–H and O–H groups in total. The molecule has 5 heteroatoms. The fraction of sp³-hybridized carbons (Fsp3) is 0.100. The van der Waals surface area contributed by atoms with Gasteiger partial charge in [-0.05, 0) is 18.2 Å². The van der Waals surface area contributed by atoms with Gasteiger partial charge in [0.25, 0.3) is 0 Å². The molecular formula is C10H8N4O. The number of carbonyl (C=O) groups excluding carboxylic acids is 1. The van der Waals surface area contributed by atoms with Crippen LogP contribution in [-0.2, 0) is 4.79 Å². The lowest BCUT2D eigenvalue weighted by molar-refractivity contribution is -0.117. The monoisotopic (exact) mass is 200 g/mol.